The van der Waals surface area contributed by atoms with Crippen LogP contribution in [0.2, 0.25) is 0 Å². The molecule has 25 heavy (non-hydrogen) atoms. The zero-order chi connectivity index (χ0) is 18.6. The fourth-order valence-electron chi connectivity index (χ4n) is 2.04. The number of carbonyl (C=O) groups is 2. The number of hydrogen-bond donors (Lipinski definition) is 3. The predicted molar refractivity (Wildman–Crippen MR) is 105 cm³/mol. The van der Waals surface area contributed by atoms with E-state index in [0.717, 1.165) is 0 Å². The molecule has 0 bridgehead atoms. The van der Waals surface area contributed by atoms with E-state index in [0.29, 0.717) is 14.7 Å². The first-order valence-electron chi connectivity index (χ1n) is 6.81. The first-order chi connectivity index (χ1) is 11.8. The highest BCUT2D eigenvalue weighted by Gasteiger charge is 2.18. The van der Waals surface area contributed by atoms with Gasteiger partial charge in [-0.05, 0) is 52.4 Å². The van der Waals surface area contributed by atoms with E-state index in [1.54, 1.807) is 30.3 Å². The first-order valence-corrected chi connectivity index (χ1v) is 8.80. The summed E-state index contributed by atoms with van der Waals surface area (Å²) in [6.45, 7) is 0. The molecule has 2 aromatic carbocycles. The molecule has 0 aliphatic carbocycles. The highest BCUT2D eigenvalue weighted by atomic mass is 79.9. The number of aromatic carboxylic acids is 1. The van der Waals surface area contributed by atoms with Gasteiger partial charge in [-0.1, -0.05) is 28.1 Å². The van der Waals surface area contributed by atoms with Crippen LogP contribution in [0, 0.1) is 0 Å². The van der Waals surface area contributed by atoms with E-state index in [9.17, 15) is 14.7 Å². The normalized spacial score (nSPS) is 10.0. The molecular weight excluding hydrogens is 476 g/mol. The van der Waals surface area contributed by atoms with Crippen molar-refractivity contribution in [3.63, 3.8) is 0 Å². The third kappa shape index (κ3) is 4.77. The fraction of sp³-hybridized carbons (Fsp3) is 0.0625. The molecule has 9 heteroatoms. The Morgan fingerprint density at radius 2 is 1.84 bits per heavy atom. The second-order valence-corrected chi connectivity index (χ2v) is 6.91. The Labute approximate surface area is 165 Å². The topological polar surface area (TPSA) is 87.7 Å². The van der Waals surface area contributed by atoms with Crippen molar-refractivity contribution in [2.24, 2.45) is 0 Å². The van der Waals surface area contributed by atoms with Crippen molar-refractivity contribution in [1.82, 2.24) is 5.32 Å². The van der Waals surface area contributed by atoms with Gasteiger partial charge >= 0.3 is 5.97 Å². The van der Waals surface area contributed by atoms with Gasteiger partial charge in [0.25, 0.3) is 5.91 Å². The van der Waals surface area contributed by atoms with E-state index in [2.05, 4.69) is 42.5 Å². The Balaban J connectivity index is 2.20. The minimum atomic E-state index is -1.10. The van der Waals surface area contributed by atoms with Crippen LogP contribution in [0.1, 0.15) is 20.7 Å². The van der Waals surface area contributed by atoms with Crippen molar-refractivity contribution in [3.8, 4) is 5.75 Å². The highest BCUT2D eigenvalue weighted by Crippen LogP contribution is 2.32. The van der Waals surface area contributed by atoms with E-state index < -0.39 is 11.9 Å². The molecule has 130 valence electrons. The number of thiocarbonyl (C=S) groups is 1. The summed E-state index contributed by atoms with van der Waals surface area (Å²) in [7, 11) is 1.45. The molecule has 0 unspecified atom stereocenters. The summed E-state index contributed by atoms with van der Waals surface area (Å²) < 4.78 is 6.52. The Bertz CT molecular complexity index is 858. The molecule has 0 radical (unpaired) electrons. The number of benzene rings is 2. The number of anilines is 1. The average molecular weight is 488 g/mol. The van der Waals surface area contributed by atoms with Gasteiger partial charge in [0.05, 0.1) is 28.4 Å². The molecule has 2 rings (SSSR count). The third-order valence-corrected chi connectivity index (χ3v) is 4.34. The van der Waals surface area contributed by atoms with Gasteiger partial charge in [-0.3, -0.25) is 10.1 Å². The van der Waals surface area contributed by atoms with Crippen molar-refractivity contribution in [3.05, 3.63) is 56.5 Å². The Morgan fingerprint density at radius 1 is 1.16 bits per heavy atom. The minimum Gasteiger partial charge on any atom is -0.495 e. The lowest BCUT2D eigenvalue weighted by Crippen LogP contribution is -2.34. The fourth-order valence-corrected chi connectivity index (χ4v) is 3.63. The lowest BCUT2D eigenvalue weighted by molar-refractivity contribution is 0.0698. The van der Waals surface area contributed by atoms with Gasteiger partial charge in [-0.15, -0.1) is 0 Å². The van der Waals surface area contributed by atoms with E-state index >= 15 is 0 Å². The number of nitrogens with one attached hydrogen (secondary N) is 2. The van der Waals surface area contributed by atoms with Crippen LogP contribution < -0.4 is 15.4 Å². The quantitative estimate of drug-likeness (QED) is 0.564. The molecule has 0 saturated heterocycles. The monoisotopic (exact) mass is 486 g/mol. The number of rotatable bonds is 4. The summed E-state index contributed by atoms with van der Waals surface area (Å²) in [5.41, 5.74) is 0.587. The molecule has 6 nitrogen and oxygen atoms in total. The molecule has 0 heterocycles. The lowest BCUT2D eigenvalue weighted by Gasteiger charge is -2.14. The molecule has 0 atom stereocenters. The van der Waals surface area contributed by atoms with Crippen LogP contribution in [0.3, 0.4) is 0 Å². The average Bonchev–Trinajstić information content (AvgIpc) is 2.54. The maximum Gasteiger partial charge on any atom is 0.337 e. The molecule has 1 amide bonds. The number of carboxylic acids is 1. The van der Waals surface area contributed by atoms with Crippen molar-refractivity contribution >= 4 is 66.8 Å². The van der Waals surface area contributed by atoms with E-state index in [-0.39, 0.29) is 21.9 Å². The van der Waals surface area contributed by atoms with Crippen LogP contribution in [-0.4, -0.2) is 29.2 Å². The van der Waals surface area contributed by atoms with Crippen molar-refractivity contribution in [1.29, 1.82) is 0 Å². The van der Waals surface area contributed by atoms with Gasteiger partial charge in [0.15, 0.2) is 5.11 Å². The molecule has 0 fully saturated rings. The second kappa shape index (κ2) is 8.41. The summed E-state index contributed by atoms with van der Waals surface area (Å²) in [6.07, 6.45) is 0. The van der Waals surface area contributed by atoms with Crippen LogP contribution in [0.15, 0.2) is 45.3 Å². The molecule has 0 aromatic heterocycles. The van der Waals surface area contributed by atoms with Crippen LogP contribution in [0.25, 0.3) is 0 Å². The van der Waals surface area contributed by atoms with E-state index in [1.165, 1.54) is 13.2 Å². The van der Waals surface area contributed by atoms with Gasteiger partial charge in [0.1, 0.15) is 5.75 Å². The van der Waals surface area contributed by atoms with E-state index in [1.807, 2.05) is 0 Å². The number of hydrogen-bond acceptors (Lipinski definition) is 4. The molecule has 0 saturated carbocycles. The van der Waals surface area contributed by atoms with Crippen molar-refractivity contribution in [2.75, 3.05) is 12.4 Å². The summed E-state index contributed by atoms with van der Waals surface area (Å²) in [5, 5.41) is 14.4. The van der Waals surface area contributed by atoms with Crippen LogP contribution in [0.4, 0.5) is 5.69 Å². The van der Waals surface area contributed by atoms with Gasteiger partial charge < -0.3 is 15.2 Å². The van der Waals surface area contributed by atoms with Crippen molar-refractivity contribution < 1.29 is 19.4 Å². The number of amides is 1. The van der Waals surface area contributed by atoms with Gasteiger partial charge in [0.2, 0.25) is 0 Å². The summed E-state index contributed by atoms with van der Waals surface area (Å²) in [4.78, 5) is 23.7. The summed E-state index contributed by atoms with van der Waals surface area (Å²) >= 11 is 11.7. The summed E-state index contributed by atoms with van der Waals surface area (Å²) in [5.74, 6) is -1.24. The molecular formula is C16H12Br2N2O4S. The Kier molecular flexibility index (Phi) is 6.51. The molecule has 0 spiro atoms. The minimum absolute atomic E-state index is 0.0307. The first kappa shape index (κ1) is 19.4. The maximum atomic E-state index is 12.5. The predicted octanol–water partition coefficient (Wildman–Crippen LogP) is 4.05. The Morgan fingerprint density at radius 3 is 2.48 bits per heavy atom. The third-order valence-electron chi connectivity index (χ3n) is 3.09. The number of carboxylic acid groups (broad SMARTS) is 1. The number of methoxy groups -OCH3 is 1. The number of ether oxygens (including phenoxy) is 1. The van der Waals surface area contributed by atoms with Crippen LogP contribution >= 0.6 is 44.1 Å². The molecule has 2 aromatic rings. The number of halogens is 2. The van der Waals surface area contributed by atoms with E-state index in [4.69, 9.17) is 17.0 Å². The standard InChI is InChI=1S/C16H12Br2N2O4S/c1-24-13-10(6-8(17)7-11(13)18)14(21)20-16(25)19-12-5-3-2-4-9(12)15(22)23/h2-7H,1H3,(H,22,23)(H2,19,20,21,25). The van der Waals surface area contributed by atoms with Gasteiger partial charge in [0, 0.05) is 4.47 Å². The number of para-hydroxylation sites is 1. The van der Waals surface area contributed by atoms with Crippen LogP contribution in [0.5, 0.6) is 5.75 Å². The zero-order valence-corrected chi connectivity index (χ0v) is 16.8. The molecule has 0 aliphatic rings. The highest BCUT2D eigenvalue weighted by molar-refractivity contribution is 9.11. The van der Waals surface area contributed by atoms with Crippen molar-refractivity contribution in [2.45, 2.75) is 0 Å². The molecule has 3 N–H and O–H groups in total. The smallest absolute Gasteiger partial charge is 0.337 e. The van der Waals surface area contributed by atoms with Gasteiger partial charge in [-0.2, -0.15) is 0 Å². The SMILES string of the molecule is COc1c(Br)cc(Br)cc1C(=O)NC(=S)Nc1ccccc1C(=O)O. The lowest BCUT2D eigenvalue weighted by atomic mass is 10.2. The van der Waals surface area contributed by atoms with Crippen LogP contribution in [-0.2, 0) is 0 Å². The zero-order valence-electron chi connectivity index (χ0n) is 12.8. The molecule has 0 aliphatic heterocycles. The second-order valence-electron chi connectivity index (χ2n) is 4.73. The maximum absolute atomic E-state index is 12.5. The Hall–Kier alpha value is -1.97. The largest absolute Gasteiger partial charge is 0.495 e. The summed E-state index contributed by atoms with van der Waals surface area (Å²) in [6, 6.07) is 9.58. The van der Waals surface area contributed by atoms with Gasteiger partial charge in [-0.25, -0.2) is 4.79 Å². The number of carbonyl (C=O) groups excluding carboxylic acids is 1.